The number of rotatable bonds is 4. The lowest BCUT2D eigenvalue weighted by atomic mass is 10.1. The fourth-order valence-corrected chi connectivity index (χ4v) is 2.01. The topological polar surface area (TPSA) is 50.1 Å². The van der Waals surface area contributed by atoms with Crippen molar-refractivity contribution in [3.05, 3.63) is 64.4 Å². The van der Waals surface area contributed by atoms with Gasteiger partial charge in [-0.1, -0.05) is 17.7 Å². The number of Topliss-reactive ketones (excluding diaryl/α,β-unsaturated/α-hetero) is 1. The van der Waals surface area contributed by atoms with E-state index in [1.807, 2.05) is 6.07 Å². The third-order valence-electron chi connectivity index (χ3n) is 2.89. The summed E-state index contributed by atoms with van der Waals surface area (Å²) in [4.78, 5) is 12.2. The molecule has 0 aliphatic heterocycles. The van der Waals surface area contributed by atoms with E-state index in [-0.39, 0.29) is 22.1 Å². The van der Waals surface area contributed by atoms with Crippen LogP contribution < -0.4 is 4.74 Å². The van der Waals surface area contributed by atoms with Gasteiger partial charge in [-0.15, -0.1) is 0 Å². The van der Waals surface area contributed by atoms with Gasteiger partial charge < -0.3 is 4.74 Å². The molecule has 0 aliphatic rings. The quantitative estimate of drug-likeness (QED) is 0.802. The number of ketones is 1. The van der Waals surface area contributed by atoms with Crippen molar-refractivity contribution >= 4 is 17.4 Å². The Morgan fingerprint density at radius 2 is 1.95 bits per heavy atom. The van der Waals surface area contributed by atoms with Gasteiger partial charge in [0.15, 0.2) is 6.10 Å². The summed E-state index contributed by atoms with van der Waals surface area (Å²) in [6, 6.07) is 11.9. The zero-order chi connectivity index (χ0) is 15.4. The van der Waals surface area contributed by atoms with Crippen LogP contribution in [0.25, 0.3) is 0 Å². The molecule has 0 saturated heterocycles. The average Bonchev–Trinajstić information content (AvgIpc) is 2.47. The highest BCUT2D eigenvalue weighted by molar-refractivity contribution is 6.31. The normalized spacial score (nSPS) is 11.5. The van der Waals surface area contributed by atoms with E-state index in [0.717, 1.165) is 0 Å². The highest BCUT2D eigenvalue weighted by Gasteiger charge is 2.19. The molecule has 5 heteroatoms. The van der Waals surface area contributed by atoms with Crippen molar-refractivity contribution in [2.75, 3.05) is 0 Å². The minimum absolute atomic E-state index is 0.179. The summed E-state index contributed by atoms with van der Waals surface area (Å²) in [5.74, 6) is -0.478. The van der Waals surface area contributed by atoms with Crippen LogP contribution in [0.2, 0.25) is 5.02 Å². The molecule has 0 fully saturated rings. The van der Waals surface area contributed by atoms with Crippen molar-refractivity contribution in [2.24, 2.45) is 0 Å². The van der Waals surface area contributed by atoms with Crippen molar-refractivity contribution < 1.29 is 13.9 Å². The summed E-state index contributed by atoms with van der Waals surface area (Å²) in [6.45, 7) is 1.56. The van der Waals surface area contributed by atoms with Gasteiger partial charge in [0.1, 0.15) is 23.2 Å². The Morgan fingerprint density at radius 3 is 2.57 bits per heavy atom. The lowest BCUT2D eigenvalue weighted by molar-refractivity contribution is 0.0817. The number of hydrogen-bond donors (Lipinski definition) is 0. The van der Waals surface area contributed by atoms with Gasteiger partial charge in [-0.3, -0.25) is 4.79 Å². The number of benzene rings is 2. The molecular formula is C16H11ClFNO2. The third-order valence-corrected chi connectivity index (χ3v) is 3.20. The number of hydrogen-bond acceptors (Lipinski definition) is 3. The molecule has 0 bridgehead atoms. The van der Waals surface area contributed by atoms with Crippen LogP contribution in [0.15, 0.2) is 42.5 Å². The zero-order valence-corrected chi connectivity index (χ0v) is 11.9. The van der Waals surface area contributed by atoms with E-state index in [1.54, 1.807) is 25.1 Å². The molecule has 0 spiro atoms. The third kappa shape index (κ3) is 3.39. The molecule has 0 radical (unpaired) electrons. The molecule has 0 aliphatic carbocycles. The fraction of sp³-hybridized carbons (Fsp3) is 0.125. The monoisotopic (exact) mass is 303 g/mol. The van der Waals surface area contributed by atoms with Gasteiger partial charge in [-0.05, 0) is 43.3 Å². The summed E-state index contributed by atoms with van der Waals surface area (Å²) in [7, 11) is 0. The fourth-order valence-electron chi connectivity index (χ4n) is 1.80. The predicted molar refractivity (Wildman–Crippen MR) is 77.0 cm³/mol. The van der Waals surface area contributed by atoms with E-state index in [9.17, 15) is 9.18 Å². The molecular weight excluding hydrogens is 293 g/mol. The lowest BCUT2D eigenvalue weighted by Gasteiger charge is -2.15. The van der Waals surface area contributed by atoms with Crippen LogP contribution in [-0.4, -0.2) is 11.9 Å². The average molecular weight is 304 g/mol. The first kappa shape index (κ1) is 15.0. The molecule has 2 aromatic rings. The van der Waals surface area contributed by atoms with Crippen LogP contribution in [-0.2, 0) is 0 Å². The standard InChI is InChI=1S/C16H11ClFNO2/c1-10(16(20)11-5-7-12(18)8-6-11)21-15-4-2-3-14(17)13(15)9-19/h2-8,10H,1H3. The Labute approximate surface area is 126 Å². The molecule has 1 unspecified atom stereocenters. The van der Waals surface area contributed by atoms with Gasteiger partial charge in [0.25, 0.3) is 0 Å². The number of ether oxygens (including phenoxy) is 1. The van der Waals surface area contributed by atoms with Crippen LogP contribution in [0, 0.1) is 17.1 Å². The molecule has 106 valence electrons. The molecule has 2 rings (SSSR count). The maximum atomic E-state index is 12.8. The number of halogens is 2. The van der Waals surface area contributed by atoms with E-state index in [1.165, 1.54) is 24.3 Å². The zero-order valence-electron chi connectivity index (χ0n) is 11.1. The summed E-state index contributed by atoms with van der Waals surface area (Å²) >= 11 is 5.90. The molecule has 3 nitrogen and oxygen atoms in total. The van der Waals surface area contributed by atoms with E-state index >= 15 is 0 Å². The van der Waals surface area contributed by atoms with Crippen LogP contribution in [0.4, 0.5) is 4.39 Å². The van der Waals surface area contributed by atoms with E-state index in [4.69, 9.17) is 21.6 Å². The highest BCUT2D eigenvalue weighted by atomic mass is 35.5. The van der Waals surface area contributed by atoms with Gasteiger partial charge in [0.2, 0.25) is 5.78 Å². The molecule has 0 N–H and O–H groups in total. The first-order chi connectivity index (χ1) is 10.0. The number of carbonyl (C=O) groups excluding carboxylic acids is 1. The van der Waals surface area contributed by atoms with Crippen molar-refractivity contribution in [1.29, 1.82) is 5.26 Å². The second-order valence-corrected chi connectivity index (χ2v) is 4.76. The first-order valence-electron chi connectivity index (χ1n) is 6.18. The van der Waals surface area contributed by atoms with Gasteiger partial charge in [0.05, 0.1) is 5.02 Å². The molecule has 1 atom stereocenters. The van der Waals surface area contributed by atoms with Gasteiger partial charge in [-0.2, -0.15) is 5.26 Å². The van der Waals surface area contributed by atoms with Crippen molar-refractivity contribution in [1.82, 2.24) is 0 Å². The Hall–Kier alpha value is -2.38. The number of carbonyl (C=O) groups is 1. The van der Waals surface area contributed by atoms with Gasteiger partial charge >= 0.3 is 0 Å². The Bertz CT molecular complexity index is 707. The van der Waals surface area contributed by atoms with Crippen LogP contribution >= 0.6 is 11.6 Å². The predicted octanol–water partition coefficient (Wildman–Crippen LogP) is 4.00. The molecule has 2 aromatic carbocycles. The van der Waals surface area contributed by atoms with Gasteiger partial charge in [0, 0.05) is 5.56 Å². The van der Waals surface area contributed by atoms with Crippen molar-refractivity contribution in [3.63, 3.8) is 0 Å². The lowest BCUT2D eigenvalue weighted by Crippen LogP contribution is -2.24. The van der Waals surface area contributed by atoms with E-state index in [0.29, 0.717) is 5.56 Å². The van der Waals surface area contributed by atoms with Crippen LogP contribution in [0.5, 0.6) is 5.75 Å². The first-order valence-corrected chi connectivity index (χ1v) is 6.55. The summed E-state index contributed by atoms with van der Waals surface area (Å²) in [6.07, 6.45) is -0.818. The molecule has 0 saturated carbocycles. The number of nitrogens with zero attached hydrogens (tertiary/aromatic N) is 1. The molecule has 0 heterocycles. The van der Waals surface area contributed by atoms with E-state index in [2.05, 4.69) is 0 Å². The maximum Gasteiger partial charge on any atom is 0.202 e. The summed E-state index contributed by atoms with van der Waals surface area (Å²) < 4.78 is 18.4. The summed E-state index contributed by atoms with van der Waals surface area (Å²) in [5.41, 5.74) is 0.516. The minimum atomic E-state index is -0.818. The van der Waals surface area contributed by atoms with Gasteiger partial charge in [-0.25, -0.2) is 4.39 Å². The molecule has 0 amide bonds. The minimum Gasteiger partial charge on any atom is -0.481 e. The second-order valence-electron chi connectivity index (χ2n) is 4.36. The van der Waals surface area contributed by atoms with E-state index < -0.39 is 11.9 Å². The SMILES string of the molecule is CC(Oc1cccc(Cl)c1C#N)C(=O)c1ccc(F)cc1. The van der Waals surface area contributed by atoms with Crippen LogP contribution in [0.1, 0.15) is 22.8 Å². The van der Waals surface area contributed by atoms with Crippen molar-refractivity contribution in [3.8, 4) is 11.8 Å². The maximum absolute atomic E-state index is 12.8. The largest absolute Gasteiger partial charge is 0.481 e. The Morgan fingerprint density at radius 1 is 1.29 bits per heavy atom. The van der Waals surface area contributed by atoms with Crippen molar-refractivity contribution in [2.45, 2.75) is 13.0 Å². The second kappa shape index (κ2) is 6.38. The molecule has 0 aromatic heterocycles. The number of nitriles is 1. The van der Waals surface area contributed by atoms with Crippen LogP contribution in [0.3, 0.4) is 0 Å². The Kier molecular flexibility index (Phi) is 4.56. The smallest absolute Gasteiger partial charge is 0.202 e. The highest BCUT2D eigenvalue weighted by Crippen LogP contribution is 2.26. The Balaban J connectivity index is 2.20. The summed E-state index contributed by atoms with van der Waals surface area (Å²) in [5, 5.41) is 9.32. The molecule has 21 heavy (non-hydrogen) atoms.